The van der Waals surface area contributed by atoms with E-state index in [0.717, 1.165) is 47.2 Å². The second-order valence-electron chi connectivity index (χ2n) is 7.28. The molecule has 0 spiro atoms. The third-order valence-electron chi connectivity index (χ3n) is 5.70. The molecule has 1 N–H and O–H groups in total. The standard InChI is InChI=1S/C17H19BrClNO/c18-14-6-13(1-2-15(14)19)20-16(21)17-7-10-3-11(8-17)5-12(4-10)9-17/h1-2,6,10-12H,3-5,7-9H2,(H,20,21). The second-order valence-corrected chi connectivity index (χ2v) is 8.54. The monoisotopic (exact) mass is 367 g/mol. The molecule has 4 fully saturated rings. The van der Waals surface area contributed by atoms with Gasteiger partial charge in [0.05, 0.1) is 10.4 Å². The van der Waals surface area contributed by atoms with Crippen LogP contribution in [0.3, 0.4) is 0 Å². The predicted molar refractivity (Wildman–Crippen MR) is 88.4 cm³/mol. The van der Waals surface area contributed by atoms with E-state index >= 15 is 0 Å². The molecule has 0 aliphatic heterocycles. The summed E-state index contributed by atoms with van der Waals surface area (Å²) >= 11 is 9.43. The topological polar surface area (TPSA) is 29.1 Å². The fourth-order valence-electron chi connectivity index (χ4n) is 5.23. The second kappa shape index (κ2) is 4.99. The van der Waals surface area contributed by atoms with Gasteiger partial charge in [0.1, 0.15) is 0 Å². The zero-order valence-electron chi connectivity index (χ0n) is 11.9. The van der Waals surface area contributed by atoms with E-state index in [0.29, 0.717) is 5.02 Å². The average molecular weight is 369 g/mol. The minimum atomic E-state index is -0.0964. The maximum atomic E-state index is 12.9. The minimum Gasteiger partial charge on any atom is -0.326 e. The van der Waals surface area contributed by atoms with Crippen LogP contribution in [0.5, 0.6) is 0 Å². The molecule has 0 unspecified atom stereocenters. The Morgan fingerprint density at radius 1 is 1.14 bits per heavy atom. The summed E-state index contributed by atoms with van der Waals surface area (Å²) in [4.78, 5) is 12.9. The van der Waals surface area contributed by atoms with Crippen molar-refractivity contribution in [2.45, 2.75) is 38.5 Å². The SMILES string of the molecule is O=C(Nc1ccc(Cl)c(Br)c1)C12CC3CC(CC(C3)C1)C2. The molecule has 4 heteroatoms. The van der Waals surface area contributed by atoms with Crippen molar-refractivity contribution in [3.05, 3.63) is 27.7 Å². The molecule has 5 rings (SSSR count). The number of anilines is 1. The predicted octanol–water partition coefficient (Wildman–Crippen LogP) is 5.26. The molecule has 4 saturated carbocycles. The Kier molecular flexibility index (Phi) is 3.34. The van der Waals surface area contributed by atoms with E-state index in [1.54, 1.807) is 0 Å². The van der Waals surface area contributed by atoms with Crippen LogP contribution < -0.4 is 5.32 Å². The fraction of sp³-hybridized carbons (Fsp3) is 0.588. The number of rotatable bonds is 2. The summed E-state index contributed by atoms with van der Waals surface area (Å²) in [7, 11) is 0. The smallest absolute Gasteiger partial charge is 0.230 e. The lowest BCUT2D eigenvalue weighted by Crippen LogP contribution is -2.51. The van der Waals surface area contributed by atoms with Crippen LogP contribution in [0.2, 0.25) is 5.02 Å². The van der Waals surface area contributed by atoms with Gasteiger partial charge in [-0.2, -0.15) is 0 Å². The van der Waals surface area contributed by atoms with E-state index in [4.69, 9.17) is 11.6 Å². The first-order chi connectivity index (χ1) is 10.0. The quantitative estimate of drug-likeness (QED) is 0.758. The highest BCUT2D eigenvalue weighted by Gasteiger charge is 2.54. The summed E-state index contributed by atoms with van der Waals surface area (Å²) in [5.41, 5.74) is 0.743. The van der Waals surface area contributed by atoms with Crippen LogP contribution in [0, 0.1) is 23.2 Å². The Hall–Kier alpha value is -0.540. The molecule has 0 atom stereocenters. The fourth-order valence-corrected chi connectivity index (χ4v) is 5.72. The number of carbonyl (C=O) groups is 1. The van der Waals surface area contributed by atoms with Gasteiger partial charge in [-0.25, -0.2) is 0 Å². The highest BCUT2D eigenvalue weighted by molar-refractivity contribution is 9.10. The first-order valence-electron chi connectivity index (χ1n) is 7.81. The Bertz CT molecular complexity index is 565. The van der Waals surface area contributed by atoms with Crippen molar-refractivity contribution in [3.63, 3.8) is 0 Å². The zero-order valence-corrected chi connectivity index (χ0v) is 14.2. The van der Waals surface area contributed by atoms with Gasteiger partial charge in [0.25, 0.3) is 0 Å². The van der Waals surface area contributed by atoms with E-state index < -0.39 is 0 Å². The summed E-state index contributed by atoms with van der Waals surface area (Å²) < 4.78 is 0.826. The van der Waals surface area contributed by atoms with E-state index in [2.05, 4.69) is 21.2 Å². The van der Waals surface area contributed by atoms with Crippen LogP contribution in [0.25, 0.3) is 0 Å². The number of nitrogens with one attached hydrogen (secondary N) is 1. The Morgan fingerprint density at radius 3 is 2.24 bits per heavy atom. The van der Waals surface area contributed by atoms with Crippen molar-refractivity contribution < 1.29 is 4.79 Å². The van der Waals surface area contributed by atoms with Crippen LogP contribution in [-0.2, 0) is 4.79 Å². The first-order valence-corrected chi connectivity index (χ1v) is 8.98. The van der Waals surface area contributed by atoms with Gasteiger partial charge in [-0.05, 0) is 90.4 Å². The van der Waals surface area contributed by atoms with Crippen LogP contribution in [0.4, 0.5) is 5.69 Å². The summed E-state index contributed by atoms with van der Waals surface area (Å²) in [6.45, 7) is 0. The molecule has 112 valence electrons. The lowest BCUT2D eigenvalue weighted by molar-refractivity contribution is -0.140. The molecule has 0 heterocycles. The maximum Gasteiger partial charge on any atom is 0.230 e. The summed E-state index contributed by atoms with van der Waals surface area (Å²) in [5.74, 6) is 2.60. The Balaban J connectivity index is 1.56. The molecule has 1 aromatic rings. The summed E-state index contributed by atoms with van der Waals surface area (Å²) in [6.07, 6.45) is 7.37. The van der Waals surface area contributed by atoms with Gasteiger partial charge in [-0.3, -0.25) is 4.79 Å². The molecule has 4 bridgehead atoms. The number of hydrogen-bond acceptors (Lipinski definition) is 1. The largest absolute Gasteiger partial charge is 0.326 e. The van der Waals surface area contributed by atoms with E-state index in [9.17, 15) is 4.79 Å². The van der Waals surface area contributed by atoms with Gasteiger partial charge in [-0.15, -0.1) is 0 Å². The number of hydrogen-bond donors (Lipinski definition) is 1. The molecule has 2 nitrogen and oxygen atoms in total. The lowest BCUT2D eigenvalue weighted by Gasteiger charge is -2.55. The van der Waals surface area contributed by atoms with Crippen LogP contribution in [-0.4, -0.2) is 5.91 Å². The molecule has 21 heavy (non-hydrogen) atoms. The molecule has 4 aliphatic rings. The van der Waals surface area contributed by atoms with Crippen molar-refractivity contribution in [3.8, 4) is 0 Å². The van der Waals surface area contributed by atoms with Gasteiger partial charge >= 0.3 is 0 Å². The van der Waals surface area contributed by atoms with Crippen molar-refractivity contribution in [2.75, 3.05) is 5.32 Å². The molecular formula is C17H19BrClNO. The molecule has 0 radical (unpaired) electrons. The van der Waals surface area contributed by atoms with Gasteiger partial charge < -0.3 is 5.32 Å². The third-order valence-corrected chi connectivity index (χ3v) is 6.91. The maximum absolute atomic E-state index is 12.9. The number of halogens is 2. The van der Waals surface area contributed by atoms with Crippen LogP contribution in [0.15, 0.2) is 22.7 Å². The van der Waals surface area contributed by atoms with Crippen molar-refractivity contribution in [2.24, 2.45) is 23.2 Å². The van der Waals surface area contributed by atoms with Crippen molar-refractivity contribution >= 4 is 39.1 Å². The summed E-state index contributed by atoms with van der Waals surface area (Å²) in [6, 6.07) is 5.59. The van der Waals surface area contributed by atoms with E-state index in [1.807, 2.05) is 18.2 Å². The Labute approximate surface area is 138 Å². The molecule has 1 aromatic carbocycles. The van der Waals surface area contributed by atoms with Gasteiger partial charge in [0.2, 0.25) is 5.91 Å². The van der Waals surface area contributed by atoms with Crippen LogP contribution >= 0.6 is 27.5 Å². The number of carbonyl (C=O) groups excluding carboxylic acids is 1. The van der Waals surface area contributed by atoms with Crippen molar-refractivity contribution in [1.29, 1.82) is 0 Å². The van der Waals surface area contributed by atoms with Gasteiger partial charge in [0.15, 0.2) is 0 Å². The average Bonchev–Trinajstić information content (AvgIpc) is 2.41. The third kappa shape index (κ3) is 2.43. The molecule has 1 amide bonds. The molecule has 0 aromatic heterocycles. The van der Waals surface area contributed by atoms with Gasteiger partial charge in [-0.1, -0.05) is 11.6 Å². The number of amides is 1. The molecule has 0 saturated heterocycles. The zero-order chi connectivity index (χ0) is 14.6. The summed E-state index contributed by atoms with van der Waals surface area (Å²) in [5, 5.41) is 3.81. The van der Waals surface area contributed by atoms with E-state index in [-0.39, 0.29) is 11.3 Å². The highest BCUT2D eigenvalue weighted by Crippen LogP contribution is 2.60. The first kappa shape index (κ1) is 14.1. The van der Waals surface area contributed by atoms with Crippen molar-refractivity contribution in [1.82, 2.24) is 0 Å². The molecule has 4 aliphatic carbocycles. The lowest BCUT2D eigenvalue weighted by atomic mass is 9.49. The highest BCUT2D eigenvalue weighted by atomic mass is 79.9. The molecular weight excluding hydrogens is 350 g/mol. The van der Waals surface area contributed by atoms with E-state index in [1.165, 1.54) is 19.3 Å². The Morgan fingerprint density at radius 2 is 1.71 bits per heavy atom. The van der Waals surface area contributed by atoms with Crippen LogP contribution in [0.1, 0.15) is 38.5 Å². The van der Waals surface area contributed by atoms with Gasteiger partial charge in [0, 0.05) is 10.2 Å². The number of benzene rings is 1. The normalized spacial score (nSPS) is 36.8. The minimum absolute atomic E-state index is 0.0964.